The van der Waals surface area contributed by atoms with Gasteiger partial charge in [0.2, 0.25) is 0 Å². The van der Waals surface area contributed by atoms with Crippen LogP contribution in [0.4, 0.5) is 4.39 Å². The van der Waals surface area contributed by atoms with Gasteiger partial charge >= 0.3 is 0 Å². The minimum Gasteiger partial charge on any atom is -0.294 e. The largest absolute Gasteiger partial charge is 0.294 e. The molecule has 3 aliphatic carbocycles. The average Bonchev–Trinajstić information content (AvgIpc) is 2.57. The smallest absolute Gasteiger partial charge is 0.166 e. The molecule has 0 saturated heterocycles. The molecule has 2 heteroatoms. The van der Waals surface area contributed by atoms with Crippen molar-refractivity contribution in [3.8, 4) is 0 Å². The lowest BCUT2D eigenvalue weighted by atomic mass is 9.51. The third-order valence-corrected chi connectivity index (χ3v) is 6.38. The van der Waals surface area contributed by atoms with E-state index in [2.05, 4.69) is 13.2 Å². The van der Waals surface area contributed by atoms with Gasteiger partial charge in [-0.3, -0.25) is 4.79 Å². The van der Waals surface area contributed by atoms with Gasteiger partial charge in [0, 0.05) is 6.42 Å². The highest BCUT2D eigenvalue weighted by atomic mass is 19.1. The Hall–Kier alpha value is -1.70. The fraction of sp³-hybridized carbons (Fsp3) is 0.500. The molecule has 24 heavy (non-hydrogen) atoms. The van der Waals surface area contributed by atoms with Gasteiger partial charge in [-0.05, 0) is 79.9 Å². The molecule has 0 unspecified atom stereocenters. The maximum Gasteiger partial charge on any atom is 0.166 e. The number of rotatable bonds is 7. The molecule has 0 heterocycles. The monoisotopic (exact) mass is 326 g/mol. The molecule has 4 rings (SSSR count). The topological polar surface area (TPSA) is 17.1 Å². The molecule has 0 aromatic heterocycles. The molecule has 3 aliphatic rings. The Bertz CT molecular complexity index is 633. The summed E-state index contributed by atoms with van der Waals surface area (Å²) in [5.41, 5.74) is 1.66. The first-order chi connectivity index (χ1) is 11.5. The summed E-state index contributed by atoms with van der Waals surface area (Å²) in [6.07, 6.45) is 12.9. The first-order valence-corrected chi connectivity index (χ1v) is 9.05. The number of benzene rings is 1. The van der Waals surface area contributed by atoms with Crippen molar-refractivity contribution in [2.75, 3.05) is 0 Å². The third-order valence-electron chi connectivity index (χ3n) is 6.38. The lowest BCUT2D eigenvalue weighted by Gasteiger charge is -2.53. The fourth-order valence-corrected chi connectivity index (χ4v) is 4.73. The van der Waals surface area contributed by atoms with E-state index in [1.54, 1.807) is 12.1 Å². The summed E-state index contributed by atoms with van der Waals surface area (Å²) in [6.45, 7) is 7.57. The van der Waals surface area contributed by atoms with Crippen LogP contribution in [0, 0.1) is 16.6 Å². The second-order valence-electron chi connectivity index (χ2n) is 7.90. The first-order valence-electron chi connectivity index (χ1n) is 9.05. The van der Waals surface area contributed by atoms with Crippen molar-refractivity contribution in [2.24, 2.45) is 10.8 Å². The molecule has 0 N–H and O–H groups in total. The van der Waals surface area contributed by atoms with Crippen LogP contribution in [0.15, 0.2) is 43.5 Å². The predicted octanol–water partition coefficient (Wildman–Crippen LogP) is 6.04. The van der Waals surface area contributed by atoms with Crippen molar-refractivity contribution in [3.63, 3.8) is 0 Å². The van der Waals surface area contributed by atoms with Crippen molar-refractivity contribution < 1.29 is 9.18 Å². The molecule has 3 fully saturated rings. The normalized spacial score (nSPS) is 28.5. The van der Waals surface area contributed by atoms with E-state index >= 15 is 0 Å². The number of halogens is 1. The standard InChI is InChI=1S/C22H27FO/c1-3-5-17-6-7-18(19(23)15-17)20(24)16-22-12-9-21(8-4-2,10-13-22)11-14-22/h3-4,6-7,15H,1-2,5,8-14,16H2. The highest BCUT2D eigenvalue weighted by Gasteiger charge is 2.48. The molecule has 0 radical (unpaired) electrons. The minimum atomic E-state index is -0.386. The zero-order valence-corrected chi connectivity index (χ0v) is 14.5. The Morgan fingerprint density at radius 1 is 1.04 bits per heavy atom. The lowest BCUT2D eigenvalue weighted by Crippen LogP contribution is -2.42. The second kappa shape index (κ2) is 6.66. The summed E-state index contributed by atoms with van der Waals surface area (Å²) in [5, 5.41) is 0. The van der Waals surface area contributed by atoms with E-state index in [-0.39, 0.29) is 22.6 Å². The zero-order valence-electron chi connectivity index (χ0n) is 14.5. The number of hydrogen-bond donors (Lipinski definition) is 0. The van der Waals surface area contributed by atoms with E-state index < -0.39 is 0 Å². The molecule has 1 aromatic carbocycles. The zero-order chi connectivity index (χ0) is 17.2. The minimum absolute atomic E-state index is 0.0317. The Morgan fingerprint density at radius 2 is 1.67 bits per heavy atom. The number of ketones is 1. The molecular weight excluding hydrogens is 299 g/mol. The van der Waals surface area contributed by atoms with Gasteiger partial charge in [0.25, 0.3) is 0 Å². The molecule has 0 spiro atoms. The van der Waals surface area contributed by atoms with Gasteiger partial charge in [-0.25, -0.2) is 4.39 Å². The van der Waals surface area contributed by atoms with Gasteiger partial charge in [0.05, 0.1) is 5.56 Å². The molecule has 2 bridgehead atoms. The number of carbonyl (C=O) groups is 1. The summed E-state index contributed by atoms with van der Waals surface area (Å²) >= 11 is 0. The highest BCUT2D eigenvalue weighted by Crippen LogP contribution is 2.59. The SMILES string of the molecule is C=CCc1ccc(C(=O)CC23CCC(CC=C)(CC2)CC3)c(F)c1. The van der Waals surface area contributed by atoms with Crippen LogP contribution in [0.3, 0.4) is 0 Å². The number of hydrogen-bond acceptors (Lipinski definition) is 1. The predicted molar refractivity (Wildman–Crippen MR) is 96.6 cm³/mol. The average molecular weight is 326 g/mol. The van der Waals surface area contributed by atoms with Crippen molar-refractivity contribution >= 4 is 5.78 Å². The van der Waals surface area contributed by atoms with Crippen molar-refractivity contribution in [3.05, 3.63) is 60.5 Å². The quantitative estimate of drug-likeness (QED) is 0.441. The van der Waals surface area contributed by atoms with Gasteiger partial charge in [-0.1, -0.05) is 18.2 Å². The van der Waals surface area contributed by atoms with E-state index in [0.717, 1.165) is 31.2 Å². The molecule has 0 amide bonds. The summed E-state index contributed by atoms with van der Waals surface area (Å²) in [4.78, 5) is 12.7. The summed E-state index contributed by atoms with van der Waals surface area (Å²) < 4.78 is 14.3. The van der Waals surface area contributed by atoms with E-state index in [0.29, 0.717) is 18.3 Å². The molecule has 1 nitrogen and oxygen atoms in total. The van der Waals surface area contributed by atoms with Crippen molar-refractivity contribution in [1.82, 2.24) is 0 Å². The Balaban J connectivity index is 1.70. The number of allylic oxidation sites excluding steroid dienone is 2. The van der Waals surface area contributed by atoms with Crippen LogP contribution in [0.1, 0.15) is 67.3 Å². The van der Waals surface area contributed by atoms with Crippen LogP contribution in [0.25, 0.3) is 0 Å². The molecule has 0 atom stereocenters. The Labute approximate surface area is 144 Å². The van der Waals surface area contributed by atoms with E-state index in [4.69, 9.17) is 0 Å². The van der Waals surface area contributed by atoms with Gasteiger partial charge in [0.15, 0.2) is 5.78 Å². The molecular formula is C22H27FO. The number of carbonyl (C=O) groups excluding carboxylic acids is 1. The summed E-state index contributed by atoms with van der Waals surface area (Å²) in [6, 6.07) is 4.97. The second-order valence-corrected chi connectivity index (χ2v) is 7.90. The maximum atomic E-state index is 14.3. The van der Waals surface area contributed by atoms with Crippen LogP contribution >= 0.6 is 0 Å². The maximum absolute atomic E-state index is 14.3. The molecule has 3 saturated carbocycles. The molecule has 1 aromatic rings. The van der Waals surface area contributed by atoms with E-state index in [9.17, 15) is 9.18 Å². The van der Waals surface area contributed by atoms with E-state index in [1.807, 2.05) is 12.1 Å². The van der Waals surface area contributed by atoms with Crippen molar-refractivity contribution in [2.45, 2.75) is 57.8 Å². The van der Waals surface area contributed by atoms with E-state index in [1.165, 1.54) is 25.3 Å². The van der Waals surface area contributed by atoms with Gasteiger partial charge in [0.1, 0.15) is 5.82 Å². The van der Waals surface area contributed by atoms with Crippen LogP contribution in [-0.4, -0.2) is 5.78 Å². The number of fused-ring (bicyclic) bond motifs is 3. The van der Waals surface area contributed by atoms with Gasteiger partial charge < -0.3 is 0 Å². The highest BCUT2D eigenvalue weighted by molar-refractivity contribution is 5.96. The molecule has 0 aliphatic heterocycles. The Kier molecular flexibility index (Phi) is 4.76. The van der Waals surface area contributed by atoms with Crippen LogP contribution in [-0.2, 0) is 6.42 Å². The van der Waals surface area contributed by atoms with Gasteiger partial charge in [-0.15, -0.1) is 13.2 Å². The third kappa shape index (κ3) is 3.24. The lowest BCUT2D eigenvalue weighted by molar-refractivity contribution is -0.00916. The van der Waals surface area contributed by atoms with Crippen LogP contribution in [0.5, 0.6) is 0 Å². The van der Waals surface area contributed by atoms with Gasteiger partial charge in [-0.2, -0.15) is 0 Å². The van der Waals surface area contributed by atoms with Crippen LogP contribution < -0.4 is 0 Å². The first kappa shape index (κ1) is 17.1. The number of Topliss-reactive ketones (excluding diaryl/α,β-unsaturated/α-hetero) is 1. The molecule has 128 valence electrons. The Morgan fingerprint density at radius 3 is 2.21 bits per heavy atom. The summed E-state index contributed by atoms with van der Waals surface area (Å²) in [5.74, 6) is -0.417. The van der Waals surface area contributed by atoms with Crippen LogP contribution in [0.2, 0.25) is 0 Å². The van der Waals surface area contributed by atoms with Crippen molar-refractivity contribution in [1.29, 1.82) is 0 Å². The summed E-state index contributed by atoms with van der Waals surface area (Å²) in [7, 11) is 0. The fourth-order valence-electron chi connectivity index (χ4n) is 4.73.